The lowest BCUT2D eigenvalue weighted by molar-refractivity contribution is -0.127. The molecule has 0 radical (unpaired) electrons. The number of hydrogen-bond acceptors (Lipinski definition) is 6. The second kappa shape index (κ2) is 8.72. The number of likely N-dealkylation sites (tertiary alicyclic amines) is 1. The first-order chi connectivity index (χ1) is 13.9. The number of aromatic nitrogens is 2. The summed E-state index contributed by atoms with van der Waals surface area (Å²) in [5.41, 5.74) is 8.62. The van der Waals surface area contributed by atoms with Crippen LogP contribution in [0.4, 0.5) is 17.3 Å². The molecule has 1 aromatic carbocycles. The van der Waals surface area contributed by atoms with Crippen molar-refractivity contribution >= 4 is 29.1 Å². The first-order valence-electron chi connectivity index (χ1n) is 9.56. The molecule has 1 aliphatic heterocycles. The number of piperidine rings is 1. The number of hydrogen-bond donors (Lipinski definition) is 3. The summed E-state index contributed by atoms with van der Waals surface area (Å²) in [7, 11) is 0. The van der Waals surface area contributed by atoms with Gasteiger partial charge >= 0.3 is 0 Å². The van der Waals surface area contributed by atoms with Crippen molar-refractivity contribution in [1.29, 1.82) is 0 Å². The lowest BCUT2D eigenvalue weighted by Gasteiger charge is -2.32. The van der Waals surface area contributed by atoms with Crippen LogP contribution in [-0.2, 0) is 4.79 Å². The molecule has 8 heteroatoms. The van der Waals surface area contributed by atoms with E-state index in [9.17, 15) is 9.59 Å². The first kappa shape index (κ1) is 20.3. The normalized spacial score (nSPS) is 16.2. The Morgan fingerprint density at radius 1 is 1.31 bits per heavy atom. The highest BCUT2D eigenvalue weighted by molar-refractivity contribution is 5.96. The molecule has 4 N–H and O–H groups in total. The zero-order chi connectivity index (χ0) is 21.0. The number of aryl methyl sites for hydroxylation is 2. The zero-order valence-electron chi connectivity index (χ0n) is 16.7. The average Bonchev–Trinajstić information content (AvgIpc) is 2.70. The molecule has 3 rings (SSSR count). The van der Waals surface area contributed by atoms with Crippen molar-refractivity contribution in [1.82, 2.24) is 14.9 Å². The van der Waals surface area contributed by atoms with Crippen molar-refractivity contribution in [3.8, 4) is 0 Å². The fourth-order valence-corrected chi connectivity index (χ4v) is 3.32. The van der Waals surface area contributed by atoms with Gasteiger partial charge in [-0.25, -0.2) is 9.97 Å². The molecule has 2 amide bonds. The molecule has 152 valence electrons. The van der Waals surface area contributed by atoms with Crippen molar-refractivity contribution in [3.63, 3.8) is 0 Å². The van der Waals surface area contributed by atoms with Crippen molar-refractivity contribution in [2.24, 2.45) is 5.73 Å². The number of nitrogens with two attached hydrogens (primary N) is 1. The van der Waals surface area contributed by atoms with Crippen LogP contribution in [0.25, 0.3) is 0 Å². The highest BCUT2D eigenvalue weighted by atomic mass is 16.2. The minimum atomic E-state index is -0.657. The van der Waals surface area contributed by atoms with Crippen molar-refractivity contribution in [2.75, 3.05) is 23.7 Å². The van der Waals surface area contributed by atoms with Gasteiger partial charge < -0.3 is 21.3 Å². The molecule has 1 atom stereocenters. The number of anilines is 3. The van der Waals surface area contributed by atoms with E-state index in [1.807, 2.05) is 32.0 Å². The minimum Gasteiger partial charge on any atom is -0.364 e. The summed E-state index contributed by atoms with van der Waals surface area (Å²) in [5, 5.41) is 6.45. The van der Waals surface area contributed by atoms with Crippen LogP contribution in [0.5, 0.6) is 0 Å². The number of nitrogens with zero attached hydrogens (tertiary/aromatic N) is 3. The number of amides is 2. The number of primary amides is 1. The summed E-state index contributed by atoms with van der Waals surface area (Å²) < 4.78 is 0. The number of rotatable bonds is 6. The predicted molar refractivity (Wildman–Crippen MR) is 113 cm³/mol. The fraction of sp³-hybridized carbons (Fsp3) is 0.333. The van der Waals surface area contributed by atoms with Crippen LogP contribution < -0.4 is 16.4 Å². The second-order valence-corrected chi connectivity index (χ2v) is 7.21. The Labute approximate surface area is 170 Å². The molecular formula is C21H26N6O2. The van der Waals surface area contributed by atoms with Crippen LogP contribution >= 0.6 is 0 Å². The Morgan fingerprint density at radius 3 is 2.79 bits per heavy atom. The molecule has 29 heavy (non-hydrogen) atoms. The van der Waals surface area contributed by atoms with E-state index < -0.39 is 5.91 Å². The summed E-state index contributed by atoms with van der Waals surface area (Å²) in [6, 6.07) is 5.91. The molecule has 0 aliphatic carbocycles. The van der Waals surface area contributed by atoms with Crippen LogP contribution in [0.15, 0.2) is 37.1 Å². The Hall–Kier alpha value is -3.42. The van der Waals surface area contributed by atoms with E-state index in [0.717, 1.165) is 30.6 Å². The van der Waals surface area contributed by atoms with Crippen LogP contribution in [0.2, 0.25) is 0 Å². The molecule has 2 aromatic rings. The van der Waals surface area contributed by atoms with E-state index >= 15 is 0 Å². The van der Waals surface area contributed by atoms with Crippen molar-refractivity contribution in [2.45, 2.75) is 32.7 Å². The number of carbonyl (C=O) groups is 2. The van der Waals surface area contributed by atoms with Crippen LogP contribution in [0.3, 0.4) is 0 Å². The summed E-state index contributed by atoms with van der Waals surface area (Å²) in [4.78, 5) is 34.1. The minimum absolute atomic E-state index is 0.0378. The molecule has 1 saturated heterocycles. The topological polar surface area (TPSA) is 113 Å². The van der Waals surface area contributed by atoms with Gasteiger partial charge in [-0.15, -0.1) is 0 Å². The quantitative estimate of drug-likeness (QED) is 0.649. The number of benzene rings is 1. The first-order valence-corrected chi connectivity index (χ1v) is 9.56. The lowest BCUT2D eigenvalue weighted by atomic mass is 10.1. The molecular weight excluding hydrogens is 368 g/mol. The monoisotopic (exact) mass is 394 g/mol. The Morgan fingerprint density at radius 2 is 2.10 bits per heavy atom. The zero-order valence-corrected chi connectivity index (χ0v) is 16.7. The molecule has 1 fully saturated rings. The largest absolute Gasteiger partial charge is 0.364 e. The summed E-state index contributed by atoms with van der Waals surface area (Å²) in [6.45, 7) is 8.87. The van der Waals surface area contributed by atoms with Gasteiger partial charge in [0.1, 0.15) is 5.82 Å². The van der Waals surface area contributed by atoms with E-state index in [4.69, 9.17) is 5.73 Å². The second-order valence-electron chi connectivity index (χ2n) is 7.21. The summed E-state index contributed by atoms with van der Waals surface area (Å²) in [5.74, 6) is 0.0689. The van der Waals surface area contributed by atoms with Gasteiger partial charge in [-0.3, -0.25) is 9.59 Å². The molecule has 1 aromatic heterocycles. The van der Waals surface area contributed by atoms with Crippen molar-refractivity contribution < 1.29 is 9.59 Å². The predicted octanol–water partition coefficient (Wildman–Crippen LogP) is 2.52. The van der Waals surface area contributed by atoms with E-state index in [0.29, 0.717) is 18.2 Å². The van der Waals surface area contributed by atoms with E-state index in [1.165, 1.54) is 17.8 Å². The molecule has 0 unspecified atom stereocenters. The highest BCUT2D eigenvalue weighted by Crippen LogP contribution is 2.22. The maximum Gasteiger partial charge on any atom is 0.271 e. The Kier molecular flexibility index (Phi) is 6.11. The van der Waals surface area contributed by atoms with E-state index in [2.05, 4.69) is 27.2 Å². The third kappa shape index (κ3) is 4.90. The van der Waals surface area contributed by atoms with Crippen molar-refractivity contribution in [3.05, 3.63) is 53.9 Å². The molecule has 8 nitrogen and oxygen atoms in total. The molecule has 0 saturated carbocycles. The molecule has 2 heterocycles. The fourth-order valence-electron chi connectivity index (χ4n) is 3.32. The lowest BCUT2D eigenvalue weighted by Crippen LogP contribution is -2.44. The third-order valence-electron chi connectivity index (χ3n) is 5.04. The van der Waals surface area contributed by atoms with E-state index in [1.54, 1.807) is 4.90 Å². The smallest absolute Gasteiger partial charge is 0.271 e. The van der Waals surface area contributed by atoms with E-state index in [-0.39, 0.29) is 17.6 Å². The van der Waals surface area contributed by atoms with Gasteiger partial charge in [0.2, 0.25) is 5.91 Å². The van der Waals surface area contributed by atoms with Gasteiger partial charge in [0.15, 0.2) is 11.5 Å². The Bertz CT molecular complexity index is 943. The molecule has 0 spiro atoms. The van der Waals surface area contributed by atoms with Gasteiger partial charge in [-0.1, -0.05) is 12.6 Å². The van der Waals surface area contributed by atoms with Gasteiger partial charge in [-0.05, 0) is 56.0 Å². The van der Waals surface area contributed by atoms with Gasteiger partial charge in [-0.2, -0.15) is 0 Å². The maximum atomic E-state index is 11.9. The van der Waals surface area contributed by atoms with Gasteiger partial charge in [0.25, 0.3) is 5.91 Å². The van der Waals surface area contributed by atoms with Crippen LogP contribution in [-0.4, -0.2) is 45.8 Å². The SMILES string of the molecule is C=CC(=O)N1CCC[C@@H](Nc2cnc(C(N)=O)c(Nc3ccc(C)c(C)c3)n2)C1. The average molecular weight is 394 g/mol. The standard InChI is InChI=1S/C21H26N6O2/c1-4-18(28)27-9-5-6-16(12-27)24-17-11-23-19(20(22)29)21(26-17)25-15-8-7-13(2)14(3)10-15/h4,7-8,10-11,16H,1,5-6,9,12H2,2-3H3,(H2,22,29)(H2,24,25,26)/t16-/m1/s1. The summed E-state index contributed by atoms with van der Waals surface area (Å²) >= 11 is 0. The van der Waals surface area contributed by atoms with Gasteiger partial charge in [0, 0.05) is 24.8 Å². The number of carbonyl (C=O) groups excluding carboxylic acids is 2. The highest BCUT2D eigenvalue weighted by Gasteiger charge is 2.23. The van der Waals surface area contributed by atoms with Gasteiger partial charge in [0.05, 0.1) is 6.20 Å². The Balaban J connectivity index is 1.80. The molecule has 0 bridgehead atoms. The van der Waals surface area contributed by atoms with Crippen LogP contribution in [0, 0.1) is 13.8 Å². The van der Waals surface area contributed by atoms with Crippen LogP contribution in [0.1, 0.15) is 34.5 Å². The summed E-state index contributed by atoms with van der Waals surface area (Å²) in [6.07, 6.45) is 4.60. The third-order valence-corrected chi connectivity index (χ3v) is 5.04. The number of nitrogens with one attached hydrogen (secondary N) is 2. The maximum absolute atomic E-state index is 11.9. The molecule has 1 aliphatic rings.